The molecule has 0 unspecified atom stereocenters. The van der Waals surface area contributed by atoms with Crippen LogP contribution >= 0.6 is 12.0 Å². The number of carbonyl (C=O) groups excluding carboxylic acids is 3. The first-order valence-corrected chi connectivity index (χ1v) is 21.5. The lowest BCUT2D eigenvalue weighted by Crippen LogP contribution is -2.26. The van der Waals surface area contributed by atoms with Crippen LogP contribution in [-0.2, 0) is 44.6 Å². The zero-order chi connectivity index (χ0) is 42.4. The molecule has 0 atom stereocenters. The number of ether oxygens (including phenoxy) is 1. The highest BCUT2D eigenvalue weighted by molar-refractivity contribution is 7.94. The van der Waals surface area contributed by atoms with Gasteiger partial charge in [-0.15, -0.1) is 0 Å². The van der Waals surface area contributed by atoms with E-state index in [-0.39, 0.29) is 40.5 Å². The minimum Gasteiger partial charge on any atom is -0.744 e. The summed E-state index contributed by atoms with van der Waals surface area (Å²) >= 11 is 0.870. The number of fused-ring (bicyclic) bond motifs is 2. The number of benzene rings is 3. The van der Waals surface area contributed by atoms with Crippen LogP contribution in [-0.4, -0.2) is 71.5 Å². The topological polar surface area (TPSA) is 189 Å². The van der Waals surface area contributed by atoms with E-state index in [4.69, 9.17) is 4.74 Å². The Bertz CT molecular complexity index is 2250. The van der Waals surface area contributed by atoms with Gasteiger partial charge in [-0.05, 0) is 95.8 Å². The Kier molecular flexibility index (Phi) is 14.4. The van der Waals surface area contributed by atoms with Gasteiger partial charge in [0, 0.05) is 79.1 Å². The number of rotatable bonds is 19. The lowest BCUT2D eigenvalue weighted by molar-refractivity contribution is -0.777. The number of nitrogens with one attached hydrogen (secondary N) is 2. The Morgan fingerprint density at radius 2 is 1.22 bits per heavy atom. The molecule has 14 nitrogen and oxygen atoms in total. The highest BCUT2D eigenvalue weighted by atomic mass is 32.2. The average Bonchev–Trinajstić information content (AvgIpc) is 3.48. The quantitative estimate of drug-likeness (QED) is 0.0246. The fourth-order valence-electron chi connectivity index (χ4n) is 7.68. The largest absolute Gasteiger partial charge is 0.744 e. The number of unbranched alkanes of at least 4 members (excludes halogenated alkanes) is 4. The molecule has 0 spiro atoms. The molecule has 0 saturated heterocycles. The van der Waals surface area contributed by atoms with E-state index in [2.05, 4.69) is 49.9 Å². The summed E-state index contributed by atoms with van der Waals surface area (Å²) < 4.78 is 48.8. The van der Waals surface area contributed by atoms with Gasteiger partial charge < -0.3 is 25.2 Å². The third-order valence-electron chi connectivity index (χ3n) is 11.4. The molecule has 2 aliphatic rings. The Balaban J connectivity index is 1.09. The molecule has 312 valence electrons. The third-order valence-corrected chi connectivity index (χ3v) is 12.8. The monoisotopic (exact) mass is 836 g/mol. The molecule has 3 aromatic rings. The van der Waals surface area contributed by atoms with Crippen LogP contribution in [0.1, 0.15) is 114 Å². The fourth-order valence-corrected chi connectivity index (χ4v) is 8.58. The molecule has 0 radical (unpaired) electrons. The Morgan fingerprint density at radius 3 is 1.71 bits per heavy atom. The number of carbonyl (C=O) groups is 3. The summed E-state index contributed by atoms with van der Waals surface area (Å²) in [5, 5.41) is 19.5. The summed E-state index contributed by atoms with van der Waals surface area (Å²) in [4.78, 5) is 39.0. The standard InChI is InChI=1S/C42H52N4O10S2/c1-27-41(3,4)34-25-32(57-56-55-50)16-18-36(34)45(27)20-12-8-10-14-38(47)43-30-22-29(40(49)54-7)23-31(24-30)44-39(48)15-11-9-13-21-46-28(2)42(5,6)35-26-33(58(51,52)53)17-19-37(35)46/h16-19,22-26H,8-15,20-21H2,1-7H3,(H2-2,43,44,47,48,50,51,52,53). The second kappa shape index (κ2) is 18.6. The summed E-state index contributed by atoms with van der Waals surface area (Å²) in [5.74, 6) is -1.05. The van der Waals surface area contributed by atoms with E-state index >= 15 is 0 Å². The van der Waals surface area contributed by atoms with Crippen molar-refractivity contribution in [1.82, 2.24) is 0 Å². The predicted molar refractivity (Wildman–Crippen MR) is 218 cm³/mol. The summed E-state index contributed by atoms with van der Waals surface area (Å²) in [7, 11) is -3.31. The van der Waals surface area contributed by atoms with E-state index in [0.29, 0.717) is 30.8 Å². The molecule has 0 aromatic heterocycles. The van der Waals surface area contributed by atoms with Crippen molar-refractivity contribution in [2.24, 2.45) is 0 Å². The molecule has 0 fully saturated rings. The van der Waals surface area contributed by atoms with Crippen LogP contribution in [0, 0.1) is 0 Å². The number of anilines is 2. The average molecular weight is 837 g/mol. The Hall–Kier alpha value is -4.45. The van der Waals surface area contributed by atoms with Crippen molar-refractivity contribution in [3.8, 4) is 0 Å². The van der Waals surface area contributed by atoms with Crippen molar-refractivity contribution in [3.63, 3.8) is 0 Å². The summed E-state index contributed by atoms with van der Waals surface area (Å²) in [6.07, 6.45) is 4.98. The second-order valence-corrected chi connectivity index (χ2v) is 17.9. The van der Waals surface area contributed by atoms with E-state index in [1.165, 1.54) is 37.1 Å². The van der Waals surface area contributed by atoms with Crippen molar-refractivity contribution >= 4 is 74.1 Å². The van der Waals surface area contributed by atoms with Crippen LogP contribution in [0.15, 0.2) is 64.4 Å². The molecular weight excluding hydrogens is 785 g/mol. The van der Waals surface area contributed by atoms with E-state index in [1.54, 1.807) is 12.1 Å². The number of hydrogen-bond donors (Lipinski definition) is 2. The molecule has 58 heavy (non-hydrogen) atoms. The predicted octanol–water partition coefficient (Wildman–Crippen LogP) is 6.80. The minimum absolute atomic E-state index is 0.188. The molecule has 16 heteroatoms. The second-order valence-electron chi connectivity index (χ2n) is 15.8. The Labute approximate surface area is 344 Å². The van der Waals surface area contributed by atoms with Crippen LogP contribution < -0.4 is 15.9 Å². The van der Waals surface area contributed by atoms with Gasteiger partial charge in [0.25, 0.3) is 0 Å². The summed E-state index contributed by atoms with van der Waals surface area (Å²) in [6, 6.07) is 15.1. The van der Waals surface area contributed by atoms with Crippen molar-refractivity contribution < 1.29 is 55.9 Å². The SMILES string of the molecule is COC(=O)c1cc(NC(=O)CCCCC[N+]2=C(C)C(C)(C)c3cc(SOO[O-])ccc32)cc(NC(=O)CCCCC[N+]2=C(C)C(C)(C)c3cc(S(=O)(=O)[O-])ccc32)c1. The smallest absolute Gasteiger partial charge is 0.337 e. The molecular formula is C42H52N4O10S2. The maximum atomic E-state index is 13.0. The van der Waals surface area contributed by atoms with Crippen molar-refractivity contribution in [1.29, 1.82) is 0 Å². The molecule has 0 saturated carbocycles. The van der Waals surface area contributed by atoms with Gasteiger partial charge in [-0.1, -0.05) is 0 Å². The highest BCUT2D eigenvalue weighted by Crippen LogP contribution is 2.42. The van der Waals surface area contributed by atoms with Crippen molar-refractivity contribution in [2.45, 2.75) is 114 Å². The van der Waals surface area contributed by atoms with E-state index in [9.17, 15) is 32.6 Å². The van der Waals surface area contributed by atoms with Gasteiger partial charge in [-0.3, -0.25) is 14.6 Å². The maximum absolute atomic E-state index is 13.0. The molecule has 0 bridgehead atoms. The van der Waals surface area contributed by atoms with Gasteiger partial charge in [-0.25, -0.2) is 13.2 Å². The van der Waals surface area contributed by atoms with Gasteiger partial charge in [0.2, 0.25) is 23.2 Å². The zero-order valence-electron chi connectivity index (χ0n) is 34.1. The lowest BCUT2D eigenvalue weighted by Gasteiger charge is -2.16. The van der Waals surface area contributed by atoms with Crippen LogP contribution in [0.25, 0.3) is 0 Å². The molecule has 2 aliphatic heterocycles. The van der Waals surface area contributed by atoms with Gasteiger partial charge >= 0.3 is 5.97 Å². The van der Waals surface area contributed by atoms with Gasteiger partial charge in [0.1, 0.15) is 23.2 Å². The van der Waals surface area contributed by atoms with Crippen molar-refractivity contribution in [2.75, 3.05) is 30.8 Å². The number of amides is 2. The van der Waals surface area contributed by atoms with Crippen molar-refractivity contribution in [3.05, 3.63) is 71.3 Å². The minimum atomic E-state index is -4.57. The first kappa shape index (κ1) is 44.6. The number of esters is 1. The fraction of sp³-hybridized carbons (Fsp3) is 0.452. The van der Waals surface area contributed by atoms with Gasteiger partial charge in [0.05, 0.1) is 40.4 Å². The van der Waals surface area contributed by atoms with Crippen LogP contribution in [0.4, 0.5) is 22.7 Å². The summed E-state index contributed by atoms with van der Waals surface area (Å²) in [6.45, 7) is 13.9. The van der Waals surface area contributed by atoms with Crippen LogP contribution in [0.3, 0.4) is 0 Å². The first-order valence-electron chi connectivity index (χ1n) is 19.3. The zero-order valence-corrected chi connectivity index (χ0v) is 35.7. The maximum Gasteiger partial charge on any atom is 0.337 e. The van der Waals surface area contributed by atoms with E-state index in [1.807, 2.05) is 39.0 Å². The molecule has 2 N–H and O–H groups in total. The first-order chi connectivity index (χ1) is 27.4. The van der Waals surface area contributed by atoms with Crippen LogP contribution in [0.2, 0.25) is 0 Å². The van der Waals surface area contributed by atoms with Crippen LogP contribution in [0.5, 0.6) is 0 Å². The molecule has 5 rings (SSSR count). The van der Waals surface area contributed by atoms with Gasteiger partial charge in [-0.2, -0.15) is 13.5 Å². The number of nitrogens with zero attached hydrogens (tertiary/aromatic N) is 2. The normalized spacial score (nSPS) is 15.3. The summed E-state index contributed by atoms with van der Waals surface area (Å²) in [5.41, 5.74) is 6.44. The Morgan fingerprint density at radius 1 is 0.724 bits per heavy atom. The molecule has 0 aliphatic carbocycles. The highest BCUT2D eigenvalue weighted by Gasteiger charge is 2.44. The molecule has 2 amide bonds. The lowest BCUT2D eigenvalue weighted by atomic mass is 9.82. The number of hydrogen-bond acceptors (Lipinski definition) is 11. The van der Waals surface area contributed by atoms with E-state index < -0.39 is 21.5 Å². The number of methoxy groups -OCH3 is 1. The molecule has 3 aromatic carbocycles. The molecule has 2 heterocycles. The van der Waals surface area contributed by atoms with Gasteiger partial charge in [0.15, 0.2) is 11.4 Å². The van der Waals surface area contributed by atoms with E-state index in [0.717, 1.165) is 77.4 Å². The third kappa shape index (κ3) is 10.2.